The first-order valence-corrected chi connectivity index (χ1v) is 9.67. The molecule has 1 amide bonds. The largest absolute Gasteiger partial charge is 0.378 e. The summed E-state index contributed by atoms with van der Waals surface area (Å²) in [4.78, 5) is 14.6. The summed E-state index contributed by atoms with van der Waals surface area (Å²) in [6.07, 6.45) is 5.87. The van der Waals surface area contributed by atoms with E-state index in [2.05, 4.69) is 39.8 Å². The maximum absolute atomic E-state index is 12.0. The average Bonchev–Trinajstić information content (AvgIpc) is 2.91. The van der Waals surface area contributed by atoms with E-state index in [0.717, 1.165) is 25.3 Å². The molecule has 2 aliphatic rings. The van der Waals surface area contributed by atoms with Gasteiger partial charge in [-0.3, -0.25) is 9.69 Å². The van der Waals surface area contributed by atoms with E-state index in [0.29, 0.717) is 19.6 Å². The Kier molecular flexibility index (Phi) is 12.0. The van der Waals surface area contributed by atoms with Gasteiger partial charge >= 0.3 is 0 Å². The topological polar surface area (TPSA) is 53.6 Å². The van der Waals surface area contributed by atoms with Crippen molar-refractivity contribution in [1.82, 2.24) is 15.5 Å². The summed E-state index contributed by atoms with van der Waals surface area (Å²) in [6.45, 7) is 6.26. The molecule has 154 valence electrons. The molecule has 0 bridgehead atoms. The second kappa shape index (κ2) is 13.3. The van der Waals surface area contributed by atoms with Crippen LogP contribution in [0.3, 0.4) is 0 Å². The minimum Gasteiger partial charge on any atom is -0.378 e. The molecular weight excluding hydrogens is 385 g/mol. The molecule has 0 aliphatic carbocycles. The quantitative estimate of drug-likeness (QED) is 0.746. The number of carbonyl (C=O) groups excluding carboxylic acids is 1. The molecular formula is C20H33Cl2N3O2. The number of nitrogens with one attached hydrogen (secondary N) is 2. The lowest BCUT2D eigenvalue weighted by molar-refractivity contribution is -0.122. The normalized spacial score (nSPS) is 20.7. The van der Waals surface area contributed by atoms with Crippen molar-refractivity contribution in [3.63, 3.8) is 0 Å². The second-order valence-corrected chi connectivity index (χ2v) is 7.21. The van der Waals surface area contributed by atoms with Crippen LogP contribution >= 0.6 is 24.8 Å². The second-order valence-electron chi connectivity index (χ2n) is 7.21. The van der Waals surface area contributed by atoms with Crippen LogP contribution in [0.2, 0.25) is 0 Å². The number of hydrogen-bond donors (Lipinski definition) is 2. The van der Waals surface area contributed by atoms with Gasteiger partial charge in [-0.05, 0) is 37.1 Å². The van der Waals surface area contributed by atoms with Gasteiger partial charge < -0.3 is 15.4 Å². The van der Waals surface area contributed by atoms with Gasteiger partial charge in [0.1, 0.15) is 0 Å². The molecule has 1 aromatic carbocycles. The molecule has 5 nitrogen and oxygen atoms in total. The third-order valence-electron chi connectivity index (χ3n) is 5.05. The van der Waals surface area contributed by atoms with Crippen LogP contribution in [0.1, 0.15) is 43.2 Å². The highest BCUT2D eigenvalue weighted by Gasteiger charge is 2.16. The number of rotatable bonds is 6. The van der Waals surface area contributed by atoms with E-state index in [-0.39, 0.29) is 36.8 Å². The first-order valence-electron chi connectivity index (χ1n) is 9.67. The lowest BCUT2D eigenvalue weighted by Gasteiger charge is -2.23. The fraction of sp³-hybridized carbons (Fsp3) is 0.650. The number of hydrogen-bond acceptors (Lipinski definition) is 4. The predicted molar refractivity (Wildman–Crippen MR) is 114 cm³/mol. The Balaban J connectivity index is 0.00000182. The first-order chi connectivity index (χ1) is 12.3. The number of likely N-dealkylation sites (tertiary alicyclic amines) is 1. The Morgan fingerprint density at radius 2 is 1.74 bits per heavy atom. The molecule has 3 rings (SSSR count). The van der Waals surface area contributed by atoms with Crippen molar-refractivity contribution in [3.8, 4) is 0 Å². The number of morpholine rings is 1. The van der Waals surface area contributed by atoms with E-state index in [9.17, 15) is 4.79 Å². The molecule has 2 aliphatic heterocycles. The van der Waals surface area contributed by atoms with Crippen LogP contribution in [0.15, 0.2) is 24.3 Å². The van der Waals surface area contributed by atoms with Gasteiger partial charge in [-0.2, -0.15) is 0 Å². The third-order valence-corrected chi connectivity index (χ3v) is 5.05. The van der Waals surface area contributed by atoms with Crippen molar-refractivity contribution in [2.24, 2.45) is 0 Å². The highest BCUT2D eigenvalue weighted by Crippen LogP contribution is 2.14. The van der Waals surface area contributed by atoms with E-state index in [1.807, 2.05) is 0 Å². The van der Waals surface area contributed by atoms with Crippen LogP contribution < -0.4 is 10.6 Å². The van der Waals surface area contributed by atoms with Crippen LogP contribution in [0, 0.1) is 0 Å². The summed E-state index contributed by atoms with van der Waals surface area (Å²) in [5, 5.41) is 6.32. The van der Waals surface area contributed by atoms with Crippen molar-refractivity contribution in [2.45, 2.75) is 51.2 Å². The monoisotopic (exact) mass is 417 g/mol. The molecule has 0 radical (unpaired) electrons. The summed E-state index contributed by atoms with van der Waals surface area (Å²) in [5.41, 5.74) is 2.52. The van der Waals surface area contributed by atoms with Gasteiger partial charge in [-0.1, -0.05) is 37.1 Å². The van der Waals surface area contributed by atoms with Gasteiger partial charge in [0.25, 0.3) is 0 Å². The Hall–Kier alpha value is -0.850. The van der Waals surface area contributed by atoms with Crippen molar-refractivity contribution in [2.75, 3.05) is 32.8 Å². The SMILES string of the molecule is Cl.Cl.O=C(CC1COCCN1)NCc1ccc(CN2CCCCCC2)cc1. The van der Waals surface area contributed by atoms with E-state index < -0.39 is 0 Å². The van der Waals surface area contributed by atoms with Crippen molar-refractivity contribution >= 4 is 30.7 Å². The molecule has 1 atom stereocenters. The van der Waals surface area contributed by atoms with Gasteiger partial charge in [0.05, 0.1) is 13.2 Å². The Labute approximate surface area is 175 Å². The zero-order chi connectivity index (χ0) is 17.3. The summed E-state index contributed by atoms with van der Waals surface area (Å²) in [5.74, 6) is 0.0802. The maximum Gasteiger partial charge on any atom is 0.221 e. The lowest BCUT2D eigenvalue weighted by Crippen LogP contribution is -2.44. The van der Waals surface area contributed by atoms with E-state index in [1.165, 1.54) is 44.3 Å². The van der Waals surface area contributed by atoms with Gasteiger partial charge in [0, 0.05) is 32.1 Å². The fourth-order valence-electron chi connectivity index (χ4n) is 3.56. The molecule has 2 saturated heterocycles. The molecule has 2 fully saturated rings. The molecule has 0 spiro atoms. The number of carbonyl (C=O) groups is 1. The molecule has 2 heterocycles. The predicted octanol–water partition coefficient (Wildman–Crippen LogP) is 2.90. The number of halogens is 2. The van der Waals surface area contributed by atoms with Gasteiger partial charge in [0.2, 0.25) is 5.91 Å². The summed E-state index contributed by atoms with van der Waals surface area (Å²) >= 11 is 0. The van der Waals surface area contributed by atoms with Crippen LogP contribution in [0.5, 0.6) is 0 Å². The Morgan fingerprint density at radius 1 is 1.07 bits per heavy atom. The van der Waals surface area contributed by atoms with Crippen LogP contribution in [-0.2, 0) is 22.6 Å². The maximum atomic E-state index is 12.0. The lowest BCUT2D eigenvalue weighted by atomic mass is 10.1. The summed E-state index contributed by atoms with van der Waals surface area (Å²) in [6, 6.07) is 8.81. The number of amides is 1. The van der Waals surface area contributed by atoms with Crippen LogP contribution in [-0.4, -0.2) is 49.7 Å². The van der Waals surface area contributed by atoms with Crippen molar-refractivity contribution in [1.29, 1.82) is 0 Å². The standard InChI is InChI=1S/C20H31N3O2.2ClH/c24-20(13-19-16-25-12-9-21-19)22-14-17-5-7-18(8-6-17)15-23-10-3-1-2-4-11-23;;/h5-8,19,21H,1-4,9-16H2,(H,22,24);2*1H. The van der Waals surface area contributed by atoms with Gasteiger partial charge in [-0.15, -0.1) is 24.8 Å². The molecule has 0 saturated carbocycles. The highest BCUT2D eigenvalue weighted by molar-refractivity contribution is 5.85. The van der Waals surface area contributed by atoms with E-state index in [1.54, 1.807) is 0 Å². The third kappa shape index (κ3) is 8.79. The van der Waals surface area contributed by atoms with Crippen LogP contribution in [0.25, 0.3) is 0 Å². The minimum atomic E-state index is 0. The van der Waals surface area contributed by atoms with Crippen molar-refractivity contribution < 1.29 is 9.53 Å². The number of benzene rings is 1. The molecule has 2 N–H and O–H groups in total. The first kappa shape index (κ1) is 24.2. The Bertz CT molecular complexity index is 529. The van der Waals surface area contributed by atoms with Crippen LogP contribution in [0.4, 0.5) is 0 Å². The van der Waals surface area contributed by atoms with E-state index >= 15 is 0 Å². The number of ether oxygens (including phenoxy) is 1. The average molecular weight is 418 g/mol. The Morgan fingerprint density at radius 3 is 2.37 bits per heavy atom. The highest BCUT2D eigenvalue weighted by atomic mass is 35.5. The zero-order valence-electron chi connectivity index (χ0n) is 16.0. The van der Waals surface area contributed by atoms with Crippen molar-refractivity contribution in [3.05, 3.63) is 35.4 Å². The van der Waals surface area contributed by atoms with Gasteiger partial charge in [0.15, 0.2) is 0 Å². The molecule has 7 heteroatoms. The minimum absolute atomic E-state index is 0. The number of nitrogens with zero attached hydrogens (tertiary/aromatic N) is 1. The molecule has 0 aromatic heterocycles. The smallest absolute Gasteiger partial charge is 0.221 e. The van der Waals surface area contributed by atoms with E-state index in [4.69, 9.17) is 4.74 Å². The summed E-state index contributed by atoms with van der Waals surface area (Å²) in [7, 11) is 0. The zero-order valence-corrected chi connectivity index (χ0v) is 17.6. The molecule has 1 aromatic rings. The molecule has 1 unspecified atom stereocenters. The van der Waals surface area contributed by atoms with Gasteiger partial charge in [-0.25, -0.2) is 0 Å². The summed E-state index contributed by atoms with van der Waals surface area (Å²) < 4.78 is 5.38. The molecule has 27 heavy (non-hydrogen) atoms. The fourth-order valence-corrected chi connectivity index (χ4v) is 3.56.